The first-order chi connectivity index (χ1) is 73.5. The van der Waals surface area contributed by atoms with Gasteiger partial charge >= 0.3 is 0 Å². The van der Waals surface area contributed by atoms with Gasteiger partial charge in [0.05, 0.1) is 56.1 Å². The molecule has 1 atom stereocenters. The molecule has 148 heavy (non-hydrogen) atoms. The van der Waals surface area contributed by atoms with E-state index in [0.29, 0.717) is 0 Å². The summed E-state index contributed by atoms with van der Waals surface area (Å²) in [6.07, 6.45) is 0. The Bertz CT molecular complexity index is 9650. The fraction of sp³-hybridized carbons (Fsp3) is 0.0210. The number of nitrogens with zero attached hydrogens (tertiary/aromatic N) is 4. The Balaban J connectivity index is 0.571. The Labute approximate surface area is 864 Å². The number of fused-ring (bicyclic) bond motifs is 26. The minimum absolute atomic E-state index is 0.738. The van der Waals surface area contributed by atoms with Crippen molar-refractivity contribution in [3.05, 3.63) is 625 Å². The number of anilines is 12. The van der Waals surface area contributed by atoms with Crippen LogP contribution in [-0.2, 0) is 16.2 Å². The van der Waals surface area contributed by atoms with Crippen molar-refractivity contribution in [2.75, 3.05) is 19.6 Å². The molecule has 0 saturated heterocycles. The van der Waals surface area contributed by atoms with Crippen LogP contribution in [0.25, 0.3) is 131 Å². The number of rotatable bonds is 15. The van der Waals surface area contributed by atoms with Crippen LogP contribution in [0.4, 0.5) is 68.2 Å². The lowest BCUT2D eigenvalue weighted by molar-refractivity contribution is 0.752. The van der Waals surface area contributed by atoms with E-state index in [1.54, 1.807) is 0 Å². The Morgan fingerprint density at radius 1 is 0.169 bits per heavy atom. The zero-order valence-electron chi connectivity index (χ0n) is 80.8. The van der Waals surface area contributed by atoms with Gasteiger partial charge in [-0.1, -0.05) is 443 Å². The maximum absolute atomic E-state index is 2.63. The molecule has 1 unspecified atom stereocenters. The quantitative estimate of drug-likeness (QED) is 0.101. The number of thiophene rings is 1. The van der Waals surface area contributed by atoms with E-state index < -0.39 is 16.2 Å². The molecule has 0 fully saturated rings. The van der Waals surface area contributed by atoms with Gasteiger partial charge in [-0.25, -0.2) is 0 Å². The lowest BCUT2D eigenvalue weighted by Gasteiger charge is -2.45. The van der Waals surface area contributed by atoms with Gasteiger partial charge in [0, 0.05) is 65.3 Å². The Morgan fingerprint density at radius 2 is 0.514 bits per heavy atom. The third-order valence-corrected chi connectivity index (χ3v) is 33.7. The molecule has 5 heteroatoms. The third kappa shape index (κ3) is 12.4. The van der Waals surface area contributed by atoms with Crippen LogP contribution in [0.5, 0.6) is 0 Å². The topological polar surface area (TPSA) is 13.0 Å². The largest absolute Gasteiger partial charge is 0.310 e. The van der Waals surface area contributed by atoms with Gasteiger partial charge in [0.15, 0.2) is 0 Å². The molecule has 0 amide bonds. The SMILES string of the molecule is c1ccc(N2c3ccccc3C3(c4ccccc4-c4ccc(N(c5ccccc5-c5ccccc5-c5cccc6ccccc56)c5cccc6c5-c5ccccc5C6(c5ccccc5)c5ccc(-c6cccc(N7c8ccccc8C8(c9ccccc9-c9ccc(N(c%10ccc%11sc%12ccccc%12c%11c%10)c%10ccccc%10-c%10ccccc%10-c%10cccc%11ccccc%10%11)cc98)c8ccccc87)c6)cc5)cc43)c3ccccc32)cc1. The van der Waals surface area contributed by atoms with Gasteiger partial charge in [-0.2, -0.15) is 0 Å². The van der Waals surface area contributed by atoms with Crippen molar-refractivity contribution < 1.29 is 0 Å². The number of para-hydroxylation sites is 7. The highest BCUT2D eigenvalue weighted by Gasteiger charge is 2.55. The van der Waals surface area contributed by atoms with Crippen molar-refractivity contribution >= 4 is 121 Å². The number of hydrogen-bond acceptors (Lipinski definition) is 5. The normalized spacial score (nSPS) is 14.2. The van der Waals surface area contributed by atoms with E-state index in [2.05, 4.69) is 578 Å². The summed E-state index contributed by atoms with van der Waals surface area (Å²) in [5.41, 5.74) is 44.3. The standard InChI is InChI=1S/C143H92N4S/c1-3-44-97(45-4-1)141(123-65-23-17-60-119(123)140-128(141)70-38-77-137(140)146(132-72-29-19-58-117(132)111-54-14-12-52-109(111)107-62-37-42-95-40-8-10-50-105(95)107)103-84-87-115-113-56-16-21-63-121(113)142(130(115)92-103)124-66-24-30-73-133(124)145(99-46-5-2-6-47-99)134-74-31-25-67-125(134)142)98-81-79-93(80-82-98)96-43-35-48-100(89-96)147-135-75-32-26-68-126(135)143(127-69-27-33-76-136(127)147)122-64-22-15-55-112(122)114-86-83-102(91-129(114)143)144(101-85-88-139-120(90-101)118-59-20-34-78-138(118)148-139)131-71-28-18-57-116(131)110-53-13-11-51-108(110)106-61-36-41-94-39-7-9-49-104(94)106/h1-92H. The summed E-state index contributed by atoms with van der Waals surface area (Å²) < 4.78 is 2.54. The fourth-order valence-corrected chi connectivity index (χ4v) is 27.7. The van der Waals surface area contributed by atoms with Gasteiger partial charge in [-0.3, -0.25) is 0 Å². The van der Waals surface area contributed by atoms with Crippen molar-refractivity contribution in [3.63, 3.8) is 0 Å². The van der Waals surface area contributed by atoms with Gasteiger partial charge in [-0.15, -0.1) is 11.3 Å². The van der Waals surface area contributed by atoms with Crippen molar-refractivity contribution in [2.45, 2.75) is 16.2 Å². The van der Waals surface area contributed by atoms with Crippen molar-refractivity contribution in [1.82, 2.24) is 0 Å². The molecule has 24 aromatic carbocycles. The third-order valence-electron chi connectivity index (χ3n) is 32.5. The van der Waals surface area contributed by atoms with E-state index in [-0.39, 0.29) is 0 Å². The molecule has 3 heterocycles. The molecule has 0 N–H and O–H groups in total. The van der Waals surface area contributed by atoms with Crippen LogP contribution in [0.3, 0.4) is 0 Å². The molecule has 25 aromatic rings. The van der Waals surface area contributed by atoms with Gasteiger partial charge < -0.3 is 19.6 Å². The van der Waals surface area contributed by atoms with Crippen molar-refractivity contribution in [1.29, 1.82) is 0 Å². The molecule has 0 radical (unpaired) electrons. The van der Waals surface area contributed by atoms with Crippen molar-refractivity contribution in [3.8, 4) is 89.0 Å². The van der Waals surface area contributed by atoms with Gasteiger partial charge in [-0.05, 0) is 276 Å². The summed E-state index contributed by atoms with van der Waals surface area (Å²) in [6, 6.07) is 211. The molecule has 5 aliphatic rings. The summed E-state index contributed by atoms with van der Waals surface area (Å²) in [7, 11) is 0. The molecular formula is C143H92N4S. The van der Waals surface area contributed by atoms with Gasteiger partial charge in [0.1, 0.15) is 0 Å². The van der Waals surface area contributed by atoms with Crippen LogP contribution in [-0.4, -0.2) is 0 Å². The molecule has 30 rings (SSSR count). The summed E-state index contributed by atoms with van der Waals surface area (Å²) in [4.78, 5) is 10.2. The second kappa shape index (κ2) is 33.7. The van der Waals surface area contributed by atoms with Crippen LogP contribution in [0.2, 0.25) is 0 Å². The molecule has 4 nitrogen and oxygen atoms in total. The van der Waals surface area contributed by atoms with Crippen LogP contribution in [0, 0.1) is 0 Å². The number of hydrogen-bond donors (Lipinski definition) is 0. The Hall–Kier alpha value is -18.8. The number of benzene rings is 24. The Kier molecular flexibility index (Phi) is 19.3. The van der Waals surface area contributed by atoms with E-state index in [4.69, 9.17) is 0 Å². The second-order valence-electron chi connectivity index (χ2n) is 39.7. The first kappa shape index (κ1) is 84.9. The summed E-state index contributed by atoms with van der Waals surface area (Å²) in [5, 5.41) is 7.36. The summed E-state index contributed by atoms with van der Waals surface area (Å²) in [5.74, 6) is 0. The van der Waals surface area contributed by atoms with Crippen LogP contribution >= 0.6 is 11.3 Å². The zero-order valence-corrected chi connectivity index (χ0v) is 81.6. The molecule has 690 valence electrons. The highest BCUT2D eigenvalue weighted by Crippen LogP contribution is 2.69. The molecule has 2 spiro atoms. The van der Waals surface area contributed by atoms with E-state index >= 15 is 0 Å². The van der Waals surface area contributed by atoms with E-state index in [9.17, 15) is 0 Å². The molecule has 1 aromatic heterocycles. The monoisotopic (exact) mass is 1900 g/mol. The average Bonchev–Trinajstić information content (AvgIpc) is 1.59. The van der Waals surface area contributed by atoms with E-state index in [1.165, 1.54) is 159 Å². The van der Waals surface area contributed by atoms with Gasteiger partial charge in [0.25, 0.3) is 0 Å². The van der Waals surface area contributed by atoms with Crippen molar-refractivity contribution in [2.24, 2.45) is 0 Å². The first-order valence-corrected chi connectivity index (χ1v) is 52.2. The summed E-state index contributed by atoms with van der Waals surface area (Å²) in [6.45, 7) is 0. The maximum Gasteiger partial charge on any atom is 0.0755 e. The highest BCUT2D eigenvalue weighted by atomic mass is 32.1. The highest BCUT2D eigenvalue weighted by molar-refractivity contribution is 7.25. The predicted octanol–water partition coefficient (Wildman–Crippen LogP) is 38.3. The lowest BCUT2D eigenvalue weighted by Crippen LogP contribution is -2.36. The van der Waals surface area contributed by atoms with E-state index in [0.717, 1.165) is 107 Å². The maximum atomic E-state index is 2.63. The molecule has 0 bridgehead atoms. The Morgan fingerprint density at radius 3 is 1.06 bits per heavy atom. The molecular weight excluding hydrogens is 1810 g/mol. The fourth-order valence-electron chi connectivity index (χ4n) is 26.6. The summed E-state index contributed by atoms with van der Waals surface area (Å²) >= 11 is 1.86. The van der Waals surface area contributed by atoms with Crippen LogP contribution in [0.15, 0.2) is 558 Å². The smallest absolute Gasteiger partial charge is 0.0755 e. The predicted molar refractivity (Wildman–Crippen MR) is 619 cm³/mol. The molecule has 0 saturated carbocycles. The average molecular weight is 1900 g/mol. The minimum atomic E-state index is -0.809. The lowest BCUT2D eigenvalue weighted by atomic mass is 9.64. The van der Waals surface area contributed by atoms with Gasteiger partial charge in [0.2, 0.25) is 0 Å². The molecule has 2 aliphatic heterocycles. The van der Waals surface area contributed by atoms with Crippen LogP contribution in [0.1, 0.15) is 66.8 Å². The van der Waals surface area contributed by atoms with Crippen LogP contribution < -0.4 is 19.6 Å². The van der Waals surface area contributed by atoms with E-state index in [1.807, 2.05) is 11.3 Å². The minimum Gasteiger partial charge on any atom is -0.310 e. The molecule has 3 aliphatic carbocycles. The zero-order chi connectivity index (χ0) is 97.3. The first-order valence-electron chi connectivity index (χ1n) is 51.3. The second-order valence-corrected chi connectivity index (χ2v) is 40.8.